The first-order chi connectivity index (χ1) is 8.63. The zero-order valence-corrected chi connectivity index (χ0v) is 12.6. The Hall–Kier alpha value is -0.580. The minimum absolute atomic E-state index is 0.128. The summed E-state index contributed by atoms with van der Waals surface area (Å²) in [5.41, 5.74) is 7.44. The molecule has 0 spiro atoms. The number of nitrogens with zero attached hydrogens (tertiary/aromatic N) is 1. The second kappa shape index (κ2) is 6.04. The SMILES string of the molecule is COc1ccc(C(C(C)N)N2CCCC2)cc1Br. The van der Waals surface area contributed by atoms with Crippen LogP contribution in [0.25, 0.3) is 0 Å². The first-order valence-electron chi connectivity index (χ1n) is 6.46. The largest absolute Gasteiger partial charge is 0.496 e. The quantitative estimate of drug-likeness (QED) is 0.929. The Kier molecular flexibility index (Phi) is 4.65. The van der Waals surface area contributed by atoms with Crippen molar-refractivity contribution in [3.63, 3.8) is 0 Å². The molecule has 4 heteroatoms. The highest BCUT2D eigenvalue weighted by Crippen LogP contribution is 2.32. The number of nitrogens with two attached hydrogens (primary N) is 1. The average Bonchev–Trinajstić information content (AvgIpc) is 2.82. The molecule has 0 saturated carbocycles. The molecule has 100 valence electrons. The van der Waals surface area contributed by atoms with E-state index in [9.17, 15) is 0 Å². The third-order valence-electron chi connectivity index (χ3n) is 3.55. The molecule has 3 nitrogen and oxygen atoms in total. The van der Waals surface area contributed by atoms with Gasteiger partial charge in [0.05, 0.1) is 11.6 Å². The maximum Gasteiger partial charge on any atom is 0.133 e. The van der Waals surface area contributed by atoms with Gasteiger partial charge in [-0.2, -0.15) is 0 Å². The lowest BCUT2D eigenvalue weighted by Crippen LogP contribution is -2.37. The summed E-state index contributed by atoms with van der Waals surface area (Å²) >= 11 is 3.55. The Labute approximate surface area is 117 Å². The normalized spacial score (nSPS) is 19.8. The molecule has 0 aliphatic carbocycles. The van der Waals surface area contributed by atoms with Crippen molar-refractivity contribution in [2.45, 2.75) is 31.8 Å². The van der Waals surface area contributed by atoms with Crippen LogP contribution in [0.3, 0.4) is 0 Å². The third kappa shape index (κ3) is 2.87. The van der Waals surface area contributed by atoms with E-state index in [1.807, 2.05) is 6.07 Å². The van der Waals surface area contributed by atoms with Crippen molar-refractivity contribution in [2.24, 2.45) is 5.73 Å². The lowest BCUT2D eigenvalue weighted by Gasteiger charge is -2.31. The van der Waals surface area contributed by atoms with Gasteiger partial charge in [0.1, 0.15) is 5.75 Å². The van der Waals surface area contributed by atoms with Gasteiger partial charge in [0.2, 0.25) is 0 Å². The van der Waals surface area contributed by atoms with Crippen molar-refractivity contribution < 1.29 is 4.74 Å². The first kappa shape index (κ1) is 13.8. The average molecular weight is 313 g/mol. The van der Waals surface area contributed by atoms with Gasteiger partial charge in [0.15, 0.2) is 0 Å². The van der Waals surface area contributed by atoms with Crippen molar-refractivity contribution in [3.8, 4) is 5.75 Å². The van der Waals surface area contributed by atoms with E-state index in [1.165, 1.54) is 18.4 Å². The maximum atomic E-state index is 6.18. The van der Waals surface area contributed by atoms with Gasteiger partial charge in [-0.25, -0.2) is 0 Å². The number of likely N-dealkylation sites (tertiary alicyclic amines) is 1. The van der Waals surface area contributed by atoms with Crippen LogP contribution in [-0.4, -0.2) is 31.1 Å². The lowest BCUT2D eigenvalue weighted by molar-refractivity contribution is 0.219. The van der Waals surface area contributed by atoms with Gasteiger partial charge < -0.3 is 10.5 Å². The van der Waals surface area contributed by atoms with Crippen LogP contribution in [-0.2, 0) is 0 Å². The van der Waals surface area contributed by atoms with E-state index in [-0.39, 0.29) is 6.04 Å². The summed E-state index contributed by atoms with van der Waals surface area (Å²) in [6.07, 6.45) is 2.56. The molecule has 1 aliphatic heterocycles. The van der Waals surface area contributed by atoms with E-state index in [4.69, 9.17) is 10.5 Å². The van der Waals surface area contributed by atoms with Gasteiger partial charge in [-0.3, -0.25) is 4.90 Å². The molecule has 1 heterocycles. The molecule has 18 heavy (non-hydrogen) atoms. The van der Waals surface area contributed by atoms with E-state index in [0.29, 0.717) is 6.04 Å². The Morgan fingerprint density at radius 1 is 1.33 bits per heavy atom. The predicted molar refractivity (Wildman–Crippen MR) is 77.9 cm³/mol. The van der Waals surface area contributed by atoms with Gasteiger partial charge in [0, 0.05) is 12.1 Å². The highest BCUT2D eigenvalue weighted by atomic mass is 79.9. The Balaban J connectivity index is 2.27. The van der Waals surface area contributed by atoms with E-state index in [1.54, 1.807) is 7.11 Å². The van der Waals surface area contributed by atoms with Gasteiger partial charge >= 0.3 is 0 Å². The molecule has 0 amide bonds. The van der Waals surface area contributed by atoms with Crippen LogP contribution >= 0.6 is 15.9 Å². The summed E-state index contributed by atoms with van der Waals surface area (Å²) in [5, 5.41) is 0. The van der Waals surface area contributed by atoms with Crippen molar-refractivity contribution >= 4 is 15.9 Å². The fourth-order valence-corrected chi connectivity index (χ4v) is 3.29. The smallest absolute Gasteiger partial charge is 0.133 e. The van der Waals surface area contributed by atoms with Crippen LogP contribution < -0.4 is 10.5 Å². The maximum absolute atomic E-state index is 6.18. The number of methoxy groups -OCH3 is 1. The first-order valence-corrected chi connectivity index (χ1v) is 7.26. The number of halogens is 1. The summed E-state index contributed by atoms with van der Waals surface area (Å²) in [6.45, 7) is 4.38. The fourth-order valence-electron chi connectivity index (χ4n) is 2.73. The lowest BCUT2D eigenvalue weighted by atomic mass is 9.99. The zero-order chi connectivity index (χ0) is 13.1. The van der Waals surface area contributed by atoms with Crippen LogP contribution in [0.5, 0.6) is 5.75 Å². The number of hydrogen-bond acceptors (Lipinski definition) is 3. The van der Waals surface area contributed by atoms with Crippen LogP contribution in [0.4, 0.5) is 0 Å². The van der Waals surface area contributed by atoms with Gasteiger partial charge in [0.25, 0.3) is 0 Å². The minimum atomic E-state index is 0.128. The molecule has 1 aromatic rings. The predicted octanol–water partition coefficient (Wildman–Crippen LogP) is 2.94. The molecular formula is C14H21BrN2O. The van der Waals surface area contributed by atoms with Crippen LogP contribution in [0.1, 0.15) is 31.4 Å². The molecule has 2 unspecified atom stereocenters. The topological polar surface area (TPSA) is 38.5 Å². The molecule has 2 atom stereocenters. The van der Waals surface area contributed by atoms with Crippen LogP contribution in [0, 0.1) is 0 Å². The molecule has 0 radical (unpaired) electrons. The molecule has 1 fully saturated rings. The van der Waals surface area contributed by atoms with Crippen molar-refractivity contribution in [1.82, 2.24) is 4.90 Å². The van der Waals surface area contributed by atoms with Gasteiger partial charge in [-0.15, -0.1) is 0 Å². The summed E-state index contributed by atoms with van der Waals surface area (Å²) in [6, 6.07) is 6.68. The molecule has 0 bridgehead atoms. The van der Waals surface area contributed by atoms with E-state index >= 15 is 0 Å². The zero-order valence-electron chi connectivity index (χ0n) is 11.0. The summed E-state index contributed by atoms with van der Waals surface area (Å²) in [7, 11) is 1.68. The van der Waals surface area contributed by atoms with Crippen LogP contribution in [0.2, 0.25) is 0 Å². The van der Waals surface area contributed by atoms with Crippen molar-refractivity contribution in [3.05, 3.63) is 28.2 Å². The molecule has 1 saturated heterocycles. The van der Waals surface area contributed by atoms with Crippen molar-refractivity contribution in [1.29, 1.82) is 0 Å². The van der Waals surface area contributed by atoms with E-state index in [0.717, 1.165) is 23.3 Å². The Morgan fingerprint density at radius 2 is 2.00 bits per heavy atom. The summed E-state index contributed by atoms with van der Waals surface area (Å²) < 4.78 is 6.27. The van der Waals surface area contributed by atoms with Gasteiger partial charge in [-0.05, 0) is 66.5 Å². The number of benzene rings is 1. The van der Waals surface area contributed by atoms with E-state index < -0.39 is 0 Å². The third-order valence-corrected chi connectivity index (χ3v) is 4.17. The number of hydrogen-bond donors (Lipinski definition) is 1. The molecule has 2 rings (SSSR count). The monoisotopic (exact) mass is 312 g/mol. The van der Waals surface area contributed by atoms with E-state index in [2.05, 4.69) is 39.9 Å². The van der Waals surface area contributed by atoms with Crippen LogP contribution in [0.15, 0.2) is 22.7 Å². The standard InChI is InChI=1S/C14H21BrN2O/c1-10(16)14(17-7-3-4-8-17)11-5-6-13(18-2)12(15)9-11/h5-6,9-10,14H,3-4,7-8,16H2,1-2H3. The second-order valence-electron chi connectivity index (χ2n) is 4.94. The minimum Gasteiger partial charge on any atom is -0.496 e. The molecule has 0 aromatic heterocycles. The highest BCUT2D eigenvalue weighted by Gasteiger charge is 2.26. The number of rotatable bonds is 4. The molecule has 2 N–H and O–H groups in total. The molecule has 1 aromatic carbocycles. The highest BCUT2D eigenvalue weighted by molar-refractivity contribution is 9.10. The molecular weight excluding hydrogens is 292 g/mol. The summed E-state index contributed by atoms with van der Waals surface area (Å²) in [4.78, 5) is 2.49. The molecule has 1 aliphatic rings. The second-order valence-corrected chi connectivity index (χ2v) is 5.80. The van der Waals surface area contributed by atoms with Gasteiger partial charge in [-0.1, -0.05) is 6.07 Å². The summed E-state index contributed by atoms with van der Waals surface area (Å²) in [5.74, 6) is 0.864. The number of ether oxygens (including phenoxy) is 1. The van der Waals surface area contributed by atoms with Crippen molar-refractivity contribution in [2.75, 3.05) is 20.2 Å². The fraction of sp³-hybridized carbons (Fsp3) is 0.571. The Bertz CT molecular complexity index is 403. The Morgan fingerprint density at radius 3 is 2.50 bits per heavy atom.